The minimum atomic E-state index is -3.74. The standard InChI is InChI=1S/C17H24N4O5S/c1-13(22)19-15-3-5-16(6-4-15)27(25,26)18-8-7-17(24)21-11-9-20(10-12-21)14(2)23/h3-6,18H,7-12H2,1-2H3,(H,19,22). The Labute approximate surface area is 158 Å². The van der Waals surface area contributed by atoms with E-state index in [0.717, 1.165) is 0 Å². The lowest BCUT2D eigenvalue weighted by Crippen LogP contribution is -2.50. The number of anilines is 1. The lowest BCUT2D eigenvalue weighted by Gasteiger charge is -2.34. The van der Waals surface area contributed by atoms with Gasteiger partial charge in [0.05, 0.1) is 4.90 Å². The lowest BCUT2D eigenvalue weighted by molar-refractivity contribution is -0.138. The number of carbonyl (C=O) groups is 3. The molecule has 2 N–H and O–H groups in total. The molecular weight excluding hydrogens is 372 g/mol. The van der Waals surface area contributed by atoms with Crippen molar-refractivity contribution in [2.24, 2.45) is 0 Å². The highest BCUT2D eigenvalue weighted by Crippen LogP contribution is 2.14. The molecule has 1 saturated heterocycles. The van der Waals surface area contributed by atoms with E-state index in [9.17, 15) is 22.8 Å². The molecule has 0 radical (unpaired) electrons. The van der Waals surface area contributed by atoms with E-state index in [1.165, 1.54) is 38.1 Å². The molecule has 1 aliphatic rings. The van der Waals surface area contributed by atoms with Crippen molar-refractivity contribution in [3.8, 4) is 0 Å². The first-order valence-electron chi connectivity index (χ1n) is 8.59. The number of hydrogen-bond donors (Lipinski definition) is 2. The first-order chi connectivity index (χ1) is 12.7. The predicted molar refractivity (Wildman–Crippen MR) is 99.4 cm³/mol. The van der Waals surface area contributed by atoms with E-state index >= 15 is 0 Å². The van der Waals surface area contributed by atoms with Crippen molar-refractivity contribution in [2.75, 3.05) is 38.0 Å². The number of benzene rings is 1. The second-order valence-electron chi connectivity index (χ2n) is 6.24. The summed E-state index contributed by atoms with van der Waals surface area (Å²) in [7, 11) is -3.74. The van der Waals surface area contributed by atoms with Crippen molar-refractivity contribution in [2.45, 2.75) is 25.2 Å². The summed E-state index contributed by atoms with van der Waals surface area (Å²) < 4.78 is 27.0. The molecule has 27 heavy (non-hydrogen) atoms. The molecule has 0 bridgehead atoms. The van der Waals surface area contributed by atoms with Gasteiger partial charge in [0, 0.05) is 58.7 Å². The van der Waals surface area contributed by atoms with Gasteiger partial charge in [-0.05, 0) is 24.3 Å². The molecular formula is C17H24N4O5S. The Morgan fingerprint density at radius 2 is 1.52 bits per heavy atom. The highest BCUT2D eigenvalue weighted by atomic mass is 32.2. The van der Waals surface area contributed by atoms with Crippen molar-refractivity contribution >= 4 is 33.4 Å². The number of hydrogen-bond acceptors (Lipinski definition) is 5. The van der Waals surface area contributed by atoms with Gasteiger partial charge in [-0.2, -0.15) is 0 Å². The average molecular weight is 396 g/mol. The number of piperazine rings is 1. The lowest BCUT2D eigenvalue weighted by atomic mass is 10.3. The molecule has 2 rings (SSSR count). The topological polar surface area (TPSA) is 116 Å². The van der Waals surface area contributed by atoms with Gasteiger partial charge in [0.2, 0.25) is 27.7 Å². The van der Waals surface area contributed by atoms with Gasteiger partial charge in [-0.15, -0.1) is 0 Å². The van der Waals surface area contributed by atoms with Crippen LogP contribution in [0.15, 0.2) is 29.2 Å². The summed E-state index contributed by atoms with van der Waals surface area (Å²) in [5.41, 5.74) is 0.501. The quantitative estimate of drug-likeness (QED) is 0.702. The molecule has 0 atom stereocenters. The normalized spacial score (nSPS) is 14.7. The van der Waals surface area contributed by atoms with E-state index < -0.39 is 10.0 Å². The molecule has 1 heterocycles. The third-order valence-corrected chi connectivity index (χ3v) is 5.67. The molecule has 148 valence electrons. The molecule has 0 spiro atoms. The molecule has 0 saturated carbocycles. The van der Waals surface area contributed by atoms with Gasteiger partial charge in [0.25, 0.3) is 0 Å². The van der Waals surface area contributed by atoms with E-state index in [4.69, 9.17) is 0 Å². The van der Waals surface area contributed by atoms with E-state index in [1.807, 2.05) is 0 Å². The first-order valence-corrected chi connectivity index (χ1v) is 10.1. The summed E-state index contributed by atoms with van der Waals surface area (Å²) in [6.45, 7) is 4.74. The minimum Gasteiger partial charge on any atom is -0.339 e. The van der Waals surface area contributed by atoms with Crippen LogP contribution in [0.1, 0.15) is 20.3 Å². The second-order valence-corrected chi connectivity index (χ2v) is 8.01. The summed E-state index contributed by atoms with van der Waals surface area (Å²) in [5, 5.41) is 2.56. The Morgan fingerprint density at radius 3 is 2.04 bits per heavy atom. The number of amides is 3. The van der Waals surface area contributed by atoms with Crippen molar-refractivity contribution in [1.29, 1.82) is 0 Å². The van der Waals surface area contributed by atoms with Crippen LogP contribution >= 0.6 is 0 Å². The van der Waals surface area contributed by atoms with Gasteiger partial charge in [-0.25, -0.2) is 13.1 Å². The minimum absolute atomic E-state index is 0.0124. The summed E-state index contributed by atoms with van der Waals surface area (Å²) in [6, 6.07) is 5.76. The SMILES string of the molecule is CC(=O)Nc1ccc(S(=O)(=O)NCCC(=O)N2CCN(C(C)=O)CC2)cc1. The van der Waals surface area contributed by atoms with Crippen LogP contribution in [0.4, 0.5) is 5.69 Å². The van der Waals surface area contributed by atoms with Crippen molar-refractivity contribution in [3.63, 3.8) is 0 Å². The molecule has 1 aliphatic heterocycles. The van der Waals surface area contributed by atoms with Gasteiger partial charge in [0.1, 0.15) is 0 Å². The number of carbonyl (C=O) groups excluding carboxylic acids is 3. The monoisotopic (exact) mass is 396 g/mol. The molecule has 0 aliphatic carbocycles. The molecule has 1 aromatic carbocycles. The Balaban J connectivity index is 1.82. The smallest absolute Gasteiger partial charge is 0.240 e. The van der Waals surface area contributed by atoms with Crippen molar-refractivity contribution in [1.82, 2.24) is 14.5 Å². The van der Waals surface area contributed by atoms with Gasteiger partial charge < -0.3 is 15.1 Å². The van der Waals surface area contributed by atoms with Crippen LogP contribution in [0, 0.1) is 0 Å². The highest BCUT2D eigenvalue weighted by Gasteiger charge is 2.22. The second kappa shape index (κ2) is 8.96. The average Bonchev–Trinajstić information content (AvgIpc) is 2.61. The summed E-state index contributed by atoms with van der Waals surface area (Å²) in [5.74, 6) is -0.410. The Bertz CT molecular complexity index is 799. The molecule has 0 aromatic heterocycles. The van der Waals surface area contributed by atoms with Crippen LogP contribution in [0.3, 0.4) is 0 Å². The summed E-state index contributed by atoms with van der Waals surface area (Å²) in [4.78, 5) is 37.8. The van der Waals surface area contributed by atoms with Crippen LogP contribution in [-0.4, -0.2) is 68.7 Å². The van der Waals surface area contributed by atoms with Crippen LogP contribution in [0.25, 0.3) is 0 Å². The maximum absolute atomic E-state index is 12.3. The van der Waals surface area contributed by atoms with E-state index in [-0.39, 0.29) is 35.6 Å². The van der Waals surface area contributed by atoms with Gasteiger partial charge >= 0.3 is 0 Å². The Hall–Kier alpha value is -2.46. The van der Waals surface area contributed by atoms with Gasteiger partial charge in [-0.1, -0.05) is 0 Å². The number of nitrogens with one attached hydrogen (secondary N) is 2. The van der Waals surface area contributed by atoms with E-state index in [0.29, 0.717) is 31.9 Å². The molecule has 1 fully saturated rings. The van der Waals surface area contributed by atoms with Crippen LogP contribution < -0.4 is 10.0 Å². The third-order valence-electron chi connectivity index (χ3n) is 4.19. The fraction of sp³-hybridized carbons (Fsp3) is 0.471. The summed E-state index contributed by atoms with van der Waals surface area (Å²) in [6.07, 6.45) is 0.0449. The fourth-order valence-electron chi connectivity index (χ4n) is 2.73. The Kier molecular flexibility index (Phi) is 6.92. The van der Waals surface area contributed by atoms with Crippen LogP contribution in [0.2, 0.25) is 0 Å². The summed E-state index contributed by atoms with van der Waals surface area (Å²) >= 11 is 0. The highest BCUT2D eigenvalue weighted by molar-refractivity contribution is 7.89. The fourth-order valence-corrected chi connectivity index (χ4v) is 3.76. The van der Waals surface area contributed by atoms with Crippen LogP contribution in [0.5, 0.6) is 0 Å². The van der Waals surface area contributed by atoms with Gasteiger partial charge in [0.15, 0.2) is 0 Å². The maximum Gasteiger partial charge on any atom is 0.240 e. The molecule has 10 heteroatoms. The number of nitrogens with zero attached hydrogens (tertiary/aromatic N) is 2. The van der Waals surface area contributed by atoms with Crippen molar-refractivity contribution < 1.29 is 22.8 Å². The van der Waals surface area contributed by atoms with Crippen LogP contribution in [-0.2, 0) is 24.4 Å². The van der Waals surface area contributed by atoms with E-state index in [2.05, 4.69) is 10.0 Å². The third kappa shape index (κ3) is 6.04. The maximum atomic E-state index is 12.3. The largest absolute Gasteiger partial charge is 0.339 e. The van der Waals surface area contributed by atoms with Gasteiger partial charge in [-0.3, -0.25) is 14.4 Å². The molecule has 1 aromatic rings. The molecule has 0 unspecified atom stereocenters. The number of rotatable bonds is 6. The molecule has 3 amide bonds. The predicted octanol–water partition coefficient (Wildman–Crippen LogP) is 0.00410. The number of sulfonamides is 1. The zero-order chi connectivity index (χ0) is 20.0. The van der Waals surface area contributed by atoms with E-state index in [1.54, 1.807) is 9.80 Å². The Morgan fingerprint density at radius 1 is 0.963 bits per heavy atom. The first kappa shape index (κ1) is 20.8. The molecule has 9 nitrogen and oxygen atoms in total. The zero-order valence-electron chi connectivity index (χ0n) is 15.4. The zero-order valence-corrected chi connectivity index (χ0v) is 16.2. The van der Waals surface area contributed by atoms with Crippen molar-refractivity contribution in [3.05, 3.63) is 24.3 Å².